The molecule has 0 saturated carbocycles. The Morgan fingerprint density at radius 1 is 1.38 bits per heavy atom. The number of rotatable bonds is 6. The summed E-state index contributed by atoms with van der Waals surface area (Å²) in [6.07, 6.45) is 7.77. The fourth-order valence-corrected chi connectivity index (χ4v) is 2.18. The van der Waals surface area contributed by atoms with Crippen molar-refractivity contribution in [3.8, 4) is 0 Å². The SMILES string of the molecule is CCCn1ccnc1NCCc1nccs1. The van der Waals surface area contributed by atoms with Gasteiger partial charge in [-0.1, -0.05) is 6.92 Å². The van der Waals surface area contributed by atoms with E-state index in [9.17, 15) is 0 Å². The first-order valence-corrected chi connectivity index (χ1v) is 6.41. The maximum atomic E-state index is 4.29. The van der Waals surface area contributed by atoms with Gasteiger partial charge in [0.05, 0.1) is 5.01 Å². The number of hydrogen-bond donors (Lipinski definition) is 1. The molecule has 1 N–H and O–H groups in total. The number of anilines is 1. The van der Waals surface area contributed by atoms with Gasteiger partial charge in [-0.05, 0) is 6.42 Å². The van der Waals surface area contributed by atoms with Gasteiger partial charge in [-0.3, -0.25) is 0 Å². The maximum Gasteiger partial charge on any atom is 0.202 e. The van der Waals surface area contributed by atoms with Crippen LogP contribution in [0.2, 0.25) is 0 Å². The molecule has 16 heavy (non-hydrogen) atoms. The quantitative estimate of drug-likeness (QED) is 0.837. The van der Waals surface area contributed by atoms with E-state index in [0.717, 1.165) is 31.9 Å². The highest BCUT2D eigenvalue weighted by atomic mass is 32.1. The van der Waals surface area contributed by atoms with Crippen LogP contribution in [-0.2, 0) is 13.0 Å². The largest absolute Gasteiger partial charge is 0.355 e. The highest BCUT2D eigenvalue weighted by molar-refractivity contribution is 7.09. The Kier molecular flexibility index (Phi) is 3.93. The molecule has 2 aromatic heterocycles. The smallest absolute Gasteiger partial charge is 0.202 e. The average Bonchev–Trinajstić information content (AvgIpc) is 2.91. The van der Waals surface area contributed by atoms with E-state index in [2.05, 4.69) is 26.8 Å². The predicted molar refractivity (Wildman–Crippen MR) is 66.8 cm³/mol. The molecule has 5 heteroatoms. The lowest BCUT2D eigenvalue weighted by molar-refractivity contribution is 0.682. The molecule has 2 heterocycles. The van der Waals surface area contributed by atoms with Gasteiger partial charge < -0.3 is 9.88 Å². The van der Waals surface area contributed by atoms with Crippen molar-refractivity contribution in [3.63, 3.8) is 0 Å². The van der Waals surface area contributed by atoms with Crippen molar-refractivity contribution in [1.29, 1.82) is 0 Å². The summed E-state index contributed by atoms with van der Waals surface area (Å²) in [5, 5.41) is 6.51. The zero-order valence-corrected chi connectivity index (χ0v) is 10.2. The molecule has 86 valence electrons. The van der Waals surface area contributed by atoms with Crippen LogP contribution in [0.4, 0.5) is 5.95 Å². The van der Waals surface area contributed by atoms with Crippen LogP contribution in [-0.4, -0.2) is 21.1 Å². The Labute approximate surface area is 99.4 Å². The van der Waals surface area contributed by atoms with Crippen molar-refractivity contribution >= 4 is 17.3 Å². The van der Waals surface area contributed by atoms with Gasteiger partial charge in [-0.25, -0.2) is 9.97 Å². The summed E-state index contributed by atoms with van der Waals surface area (Å²) >= 11 is 1.70. The van der Waals surface area contributed by atoms with Crippen LogP contribution in [0, 0.1) is 0 Å². The third-order valence-corrected chi connectivity index (χ3v) is 3.12. The van der Waals surface area contributed by atoms with Crippen molar-refractivity contribution in [2.24, 2.45) is 0 Å². The van der Waals surface area contributed by atoms with Gasteiger partial charge >= 0.3 is 0 Å². The molecule has 0 aliphatic carbocycles. The van der Waals surface area contributed by atoms with Crippen LogP contribution in [0.3, 0.4) is 0 Å². The minimum atomic E-state index is 0.883. The first kappa shape index (κ1) is 11.1. The molecular weight excluding hydrogens is 220 g/mol. The van der Waals surface area contributed by atoms with E-state index in [1.54, 1.807) is 11.3 Å². The molecule has 0 atom stereocenters. The molecule has 0 radical (unpaired) electrons. The summed E-state index contributed by atoms with van der Waals surface area (Å²) in [6.45, 7) is 4.06. The first-order valence-electron chi connectivity index (χ1n) is 5.53. The van der Waals surface area contributed by atoms with Crippen molar-refractivity contribution in [3.05, 3.63) is 29.0 Å². The van der Waals surface area contributed by atoms with Crippen LogP contribution in [0.25, 0.3) is 0 Å². The first-order chi connectivity index (χ1) is 7.90. The molecule has 2 rings (SSSR count). The molecule has 0 aliphatic rings. The maximum absolute atomic E-state index is 4.29. The Bertz CT molecular complexity index is 407. The van der Waals surface area contributed by atoms with Gasteiger partial charge in [0, 0.05) is 43.5 Å². The molecule has 0 unspecified atom stereocenters. The van der Waals surface area contributed by atoms with E-state index >= 15 is 0 Å². The van der Waals surface area contributed by atoms with E-state index in [1.165, 1.54) is 5.01 Å². The molecule has 0 aliphatic heterocycles. The van der Waals surface area contributed by atoms with Gasteiger partial charge in [0.2, 0.25) is 5.95 Å². The second-order valence-corrected chi connectivity index (χ2v) is 4.53. The fourth-order valence-electron chi connectivity index (χ4n) is 1.56. The molecular formula is C11H16N4S. The highest BCUT2D eigenvalue weighted by Crippen LogP contribution is 2.07. The molecule has 0 bridgehead atoms. The molecule has 4 nitrogen and oxygen atoms in total. The number of thiazole rings is 1. The summed E-state index contributed by atoms with van der Waals surface area (Å²) in [6, 6.07) is 0. The van der Waals surface area contributed by atoms with E-state index in [1.807, 2.05) is 24.0 Å². The van der Waals surface area contributed by atoms with Crippen LogP contribution in [0.5, 0.6) is 0 Å². The Hall–Kier alpha value is -1.36. The van der Waals surface area contributed by atoms with E-state index < -0.39 is 0 Å². The summed E-state index contributed by atoms with van der Waals surface area (Å²) < 4.78 is 2.14. The summed E-state index contributed by atoms with van der Waals surface area (Å²) in [5.41, 5.74) is 0. The lowest BCUT2D eigenvalue weighted by Crippen LogP contribution is -2.10. The second-order valence-electron chi connectivity index (χ2n) is 3.55. The number of aryl methyl sites for hydroxylation is 1. The van der Waals surface area contributed by atoms with Gasteiger partial charge in [-0.15, -0.1) is 11.3 Å². The van der Waals surface area contributed by atoms with Gasteiger partial charge in [0.15, 0.2) is 0 Å². The topological polar surface area (TPSA) is 42.7 Å². The third kappa shape index (κ3) is 2.82. The standard InChI is InChI=1S/C11H16N4S/c1-2-7-15-8-5-14-11(15)13-4-3-10-12-6-9-16-10/h5-6,8-9H,2-4,7H2,1H3,(H,13,14). The van der Waals surface area contributed by atoms with Crippen LogP contribution in [0.15, 0.2) is 24.0 Å². The second kappa shape index (κ2) is 5.65. The highest BCUT2D eigenvalue weighted by Gasteiger charge is 2.01. The van der Waals surface area contributed by atoms with Crippen molar-refractivity contribution < 1.29 is 0 Å². The zero-order chi connectivity index (χ0) is 11.2. The van der Waals surface area contributed by atoms with Crippen LogP contribution < -0.4 is 5.32 Å². The molecule has 0 aromatic carbocycles. The normalized spacial score (nSPS) is 10.6. The van der Waals surface area contributed by atoms with Gasteiger partial charge in [-0.2, -0.15) is 0 Å². The third-order valence-electron chi connectivity index (χ3n) is 2.29. The lowest BCUT2D eigenvalue weighted by atomic mass is 10.4. The van der Waals surface area contributed by atoms with E-state index in [0.29, 0.717) is 0 Å². The predicted octanol–water partition coefficient (Wildman–Crippen LogP) is 2.40. The lowest BCUT2D eigenvalue weighted by Gasteiger charge is -2.07. The molecule has 0 amide bonds. The van der Waals surface area contributed by atoms with Crippen LogP contribution >= 0.6 is 11.3 Å². The van der Waals surface area contributed by atoms with Crippen molar-refractivity contribution in [1.82, 2.24) is 14.5 Å². The molecule has 2 aromatic rings. The van der Waals surface area contributed by atoms with E-state index in [4.69, 9.17) is 0 Å². The van der Waals surface area contributed by atoms with E-state index in [-0.39, 0.29) is 0 Å². The summed E-state index contributed by atoms with van der Waals surface area (Å²) in [7, 11) is 0. The number of hydrogen-bond acceptors (Lipinski definition) is 4. The van der Waals surface area contributed by atoms with Crippen molar-refractivity contribution in [2.75, 3.05) is 11.9 Å². The van der Waals surface area contributed by atoms with Crippen molar-refractivity contribution in [2.45, 2.75) is 26.3 Å². The molecule has 0 spiro atoms. The average molecular weight is 236 g/mol. The summed E-state index contributed by atoms with van der Waals surface area (Å²) in [4.78, 5) is 8.53. The van der Waals surface area contributed by atoms with Crippen LogP contribution in [0.1, 0.15) is 18.4 Å². The Balaban J connectivity index is 1.82. The fraction of sp³-hybridized carbons (Fsp3) is 0.455. The summed E-state index contributed by atoms with van der Waals surface area (Å²) in [5.74, 6) is 0.957. The number of nitrogens with zero attached hydrogens (tertiary/aromatic N) is 3. The number of nitrogens with one attached hydrogen (secondary N) is 1. The molecule has 0 fully saturated rings. The molecule has 0 saturated heterocycles. The Morgan fingerprint density at radius 3 is 3.06 bits per heavy atom. The number of imidazole rings is 1. The van der Waals surface area contributed by atoms with Gasteiger partial charge in [0.25, 0.3) is 0 Å². The minimum Gasteiger partial charge on any atom is -0.355 e. The van der Waals surface area contributed by atoms with Gasteiger partial charge in [0.1, 0.15) is 0 Å². The number of aromatic nitrogens is 3. The minimum absolute atomic E-state index is 0.883. The Morgan fingerprint density at radius 2 is 2.31 bits per heavy atom. The monoisotopic (exact) mass is 236 g/mol. The zero-order valence-electron chi connectivity index (χ0n) is 9.39.